The van der Waals surface area contributed by atoms with E-state index in [1.54, 1.807) is 6.21 Å². The topological polar surface area (TPSA) is 53.8 Å². The Morgan fingerprint density at radius 1 is 1.13 bits per heavy atom. The summed E-state index contributed by atoms with van der Waals surface area (Å²) < 4.78 is 0. The van der Waals surface area contributed by atoms with E-state index in [-0.39, 0.29) is 11.2 Å². The summed E-state index contributed by atoms with van der Waals surface area (Å²) in [6, 6.07) is 17.9. The van der Waals surface area contributed by atoms with Crippen LogP contribution in [-0.4, -0.2) is 22.5 Å². The van der Waals surface area contributed by atoms with Crippen LogP contribution in [0.3, 0.4) is 0 Å². The van der Waals surface area contributed by atoms with Crippen molar-refractivity contribution in [3.8, 4) is 0 Å². The third-order valence-electron chi connectivity index (χ3n) is 3.60. The summed E-state index contributed by atoms with van der Waals surface area (Å²) >= 11 is 1.43. The number of rotatable bonds is 4. The van der Waals surface area contributed by atoms with Gasteiger partial charge in [-0.1, -0.05) is 66.4 Å². The highest BCUT2D eigenvalue weighted by molar-refractivity contribution is 8.15. The van der Waals surface area contributed by atoms with Gasteiger partial charge < -0.3 is 5.32 Å². The van der Waals surface area contributed by atoms with E-state index in [1.165, 1.54) is 22.9 Å². The molecule has 1 aliphatic heterocycles. The van der Waals surface area contributed by atoms with Gasteiger partial charge in [-0.2, -0.15) is 5.10 Å². The molecule has 5 heteroatoms. The highest BCUT2D eigenvalue weighted by Crippen LogP contribution is 2.24. The fourth-order valence-corrected chi connectivity index (χ4v) is 3.26. The summed E-state index contributed by atoms with van der Waals surface area (Å²) in [5.74, 6) is -0.00749. The molecule has 0 aromatic heterocycles. The number of hydrogen-bond donors (Lipinski definition) is 1. The zero-order chi connectivity index (χ0) is 16.1. The van der Waals surface area contributed by atoms with Crippen molar-refractivity contribution in [2.45, 2.75) is 18.6 Å². The molecule has 0 radical (unpaired) electrons. The van der Waals surface area contributed by atoms with E-state index in [4.69, 9.17) is 0 Å². The van der Waals surface area contributed by atoms with E-state index in [0.717, 1.165) is 5.56 Å². The summed E-state index contributed by atoms with van der Waals surface area (Å²) in [7, 11) is 0. The van der Waals surface area contributed by atoms with Crippen LogP contribution in [0.5, 0.6) is 0 Å². The van der Waals surface area contributed by atoms with Gasteiger partial charge in [-0.15, -0.1) is 5.10 Å². The van der Waals surface area contributed by atoms with Crippen LogP contribution in [0.25, 0.3) is 0 Å². The Hall–Kier alpha value is -2.40. The Kier molecular flexibility index (Phi) is 4.88. The maximum Gasteiger partial charge on any atom is 0.239 e. The average molecular weight is 323 g/mol. The summed E-state index contributed by atoms with van der Waals surface area (Å²) in [5, 5.41) is 11.3. The number of amidine groups is 1. The van der Waals surface area contributed by atoms with Gasteiger partial charge in [0.2, 0.25) is 5.91 Å². The molecule has 2 aromatic rings. The van der Waals surface area contributed by atoms with Crippen LogP contribution in [0.15, 0.2) is 64.8 Å². The summed E-state index contributed by atoms with van der Waals surface area (Å²) in [6.45, 7) is 2.06. The molecular formula is C18H17N3OS. The Morgan fingerprint density at radius 2 is 1.87 bits per heavy atom. The molecule has 1 atom stereocenters. The fraction of sp³-hybridized carbons (Fsp3) is 0.167. The third kappa shape index (κ3) is 4.07. The van der Waals surface area contributed by atoms with Gasteiger partial charge in [0.1, 0.15) is 0 Å². The second-order valence-electron chi connectivity index (χ2n) is 5.29. The van der Waals surface area contributed by atoms with Crippen LogP contribution in [0.1, 0.15) is 16.7 Å². The monoisotopic (exact) mass is 323 g/mol. The van der Waals surface area contributed by atoms with Gasteiger partial charge in [0.25, 0.3) is 0 Å². The normalized spacial score (nSPS) is 19.4. The zero-order valence-corrected chi connectivity index (χ0v) is 13.6. The van der Waals surface area contributed by atoms with E-state index in [9.17, 15) is 4.79 Å². The van der Waals surface area contributed by atoms with E-state index in [2.05, 4.69) is 34.6 Å². The Labute approximate surface area is 139 Å². The molecule has 23 heavy (non-hydrogen) atoms. The molecular weight excluding hydrogens is 306 g/mol. The molecule has 1 amide bonds. The Balaban J connectivity index is 1.64. The first-order valence-corrected chi connectivity index (χ1v) is 8.28. The predicted octanol–water partition coefficient (Wildman–Crippen LogP) is 3.16. The molecule has 1 saturated heterocycles. The lowest BCUT2D eigenvalue weighted by Gasteiger charge is -2.07. The molecule has 1 fully saturated rings. The van der Waals surface area contributed by atoms with Crippen molar-refractivity contribution >= 4 is 29.1 Å². The predicted molar refractivity (Wildman–Crippen MR) is 95.9 cm³/mol. The van der Waals surface area contributed by atoms with Gasteiger partial charge in [0.15, 0.2) is 5.17 Å². The molecule has 0 spiro atoms. The molecule has 1 N–H and O–H groups in total. The number of nitrogens with zero attached hydrogens (tertiary/aromatic N) is 2. The van der Waals surface area contributed by atoms with Crippen molar-refractivity contribution in [3.63, 3.8) is 0 Å². The number of amides is 1. The molecule has 1 unspecified atom stereocenters. The van der Waals surface area contributed by atoms with Crippen LogP contribution in [-0.2, 0) is 11.2 Å². The zero-order valence-electron chi connectivity index (χ0n) is 12.8. The van der Waals surface area contributed by atoms with Crippen LogP contribution < -0.4 is 5.32 Å². The van der Waals surface area contributed by atoms with Gasteiger partial charge in [-0.3, -0.25) is 4.79 Å². The lowest BCUT2D eigenvalue weighted by molar-refractivity contribution is -0.118. The van der Waals surface area contributed by atoms with Gasteiger partial charge in [0.05, 0.1) is 11.5 Å². The van der Waals surface area contributed by atoms with E-state index in [0.29, 0.717) is 11.6 Å². The smallest absolute Gasteiger partial charge is 0.239 e. The molecule has 0 bridgehead atoms. The second-order valence-corrected chi connectivity index (χ2v) is 6.48. The molecule has 1 heterocycles. The molecule has 1 aliphatic rings. The second kappa shape index (κ2) is 7.24. The first kappa shape index (κ1) is 15.5. The van der Waals surface area contributed by atoms with Crippen molar-refractivity contribution in [3.05, 3.63) is 71.3 Å². The standard InChI is InChI=1S/C18H17N3OS/c1-13-7-5-6-10-15(13)11-16-17(22)20-18(23-16)21-19-12-14-8-3-2-4-9-14/h2-10,12,16H,11H2,1H3,(H,20,21,22)/b19-12+. The number of carbonyl (C=O) groups is 1. The number of nitrogens with one attached hydrogen (secondary N) is 1. The number of benzene rings is 2. The molecule has 3 rings (SSSR count). The highest BCUT2D eigenvalue weighted by Gasteiger charge is 2.30. The summed E-state index contributed by atoms with van der Waals surface area (Å²) in [6.07, 6.45) is 2.37. The minimum Gasteiger partial charge on any atom is -0.303 e. The van der Waals surface area contributed by atoms with Gasteiger partial charge >= 0.3 is 0 Å². The summed E-state index contributed by atoms with van der Waals surface area (Å²) in [4.78, 5) is 12.1. The third-order valence-corrected chi connectivity index (χ3v) is 4.67. The molecule has 0 aliphatic carbocycles. The average Bonchev–Trinajstić information content (AvgIpc) is 2.90. The number of hydrogen-bond acceptors (Lipinski definition) is 4. The number of carbonyl (C=O) groups excluding carboxylic acids is 1. The highest BCUT2D eigenvalue weighted by atomic mass is 32.2. The minimum atomic E-state index is -0.151. The minimum absolute atomic E-state index is 0.00749. The largest absolute Gasteiger partial charge is 0.303 e. The Bertz CT molecular complexity index is 756. The van der Waals surface area contributed by atoms with Crippen LogP contribution >= 0.6 is 11.8 Å². The van der Waals surface area contributed by atoms with Gasteiger partial charge in [-0.25, -0.2) is 0 Å². The van der Waals surface area contributed by atoms with Crippen molar-refractivity contribution in [1.82, 2.24) is 5.32 Å². The fourth-order valence-electron chi connectivity index (χ4n) is 2.31. The SMILES string of the molecule is Cc1ccccc1CC1S/C(=N\N=C\c2ccccc2)NC1=O. The van der Waals surface area contributed by atoms with Gasteiger partial charge in [0, 0.05) is 0 Å². The maximum atomic E-state index is 12.1. The van der Waals surface area contributed by atoms with Crippen molar-refractivity contribution in [2.24, 2.45) is 10.2 Å². The molecule has 4 nitrogen and oxygen atoms in total. The van der Waals surface area contributed by atoms with Crippen LogP contribution in [0.4, 0.5) is 0 Å². The number of aryl methyl sites for hydroxylation is 1. The van der Waals surface area contributed by atoms with E-state index >= 15 is 0 Å². The molecule has 0 saturated carbocycles. The first-order chi connectivity index (χ1) is 11.2. The Morgan fingerprint density at radius 3 is 2.65 bits per heavy atom. The van der Waals surface area contributed by atoms with Crippen molar-refractivity contribution in [1.29, 1.82) is 0 Å². The van der Waals surface area contributed by atoms with Crippen LogP contribution in [0, 0.1) is 6.92 Å². The lowest BCUT2D eigenvalue weighted by atomic mass is 10.0. The van der Waals surface area contributed by atoms with Crippen molar-refractivity contribution < 1.29 is 4.79 Å². The molecule has 2 aromatic carbocycles. The van der Waals surface area contributed by atoms with Crippen molar-refractivity contribution in [2.75, 3.05) is 0 Å². The number of thioether (sulfide) groups is 1. The summed E-state index contributed by atoms with van der Waals surface area (Å²) in [5.41, 5.74) is 3.37. The molecule has 116 valence electrons. The maximum absolute atomic E-state index is 12.1. The first-order valence-electron chi connectivity index (χ1n) is 7.40. The quantitative estimate of drug-likeness (QED) is 0.694. The van der Waals surface area contributed by atoms with E-state index in [1.807, 2.05) is 42.5 Å². The lowest BCUT2D eigenvalue weighted by Crippen LogP contribution is -2.26. The van der Waals surface area contributed by atoms with Crippen LogP contribution in [0.2, 0.25) is 0 Å². The van der Waals surface area contributed by atoms with Gasteiger partial charge in [-0.05, 0) is 30.0 Å². The van der Waals surface area contributed by atoms with E-state index < -0.39 is 0 Å².